The average molecular weight is 290 g/mol. The van der Waals surface area contributed by atoms with Crippen LogP contribution in [0.25, 0.3) is 0 Å². The van der Waals surface area contributed by atoms with E-state index in [0.29, 0.717) is 36.8 Å². The molecule has 21 heavy (non-hydrogen) atoms. The zero-order valence-electron chi connectivity index (χ0n) is 12.4. The Morgan fingerprint density at radius 3 is 3.14 bits per heavy atom. The van der Waals surface area contributed by atoms with Gasteiger partial charge in [0, 0.05) is 12.2 Å². The monoisotopic (exact) mass is 290 g/mol. The fourth-order valence-corrected chi connectivity index (χ4v) is 3.37. The summed E-state index contributed by atoms with van der Waals surface area (Å²) in [6.45, 7) is 3.64. The number of nitrogens with two attached hydrogens (primary N) is 1. The SMILES string of the molecule is CCOc1cccc(N)c1C(=O)N1CCOC2CCCC21. The second kappa shape index (κ2) is 5.93. The molecule has 2 atom stereocenters. The summed E-state index contributed by atoms with van der Waals surface area (Å²) in [5.74, 6) is 0.542. The van der Waals surface area contributed by atoms with Crippen molar-refractivity contribution >= 4 is 11.6 Å². The maximum atomic E-state index is 13.0. The first kappa shape index (κ1) is 14.2. The Morgan fingerprint density at radius 2 is 2.33 bits per heavy atom. The molecule has 5 nitrogen and oxygen atoms in total. The second-order valence-electron chi connectivity index (χ2n) is 5.56. The first-order valence-electron chi connectivity index (χ1n) is 7.66. The van der Waals surface area contributed by atoms with Gasteiger partial charge < -0.3 is 20.1 Å². The van der Waals surface area contributed by atoms with Crippen LogP contribution in [0.5, 0.6) is 5.75 Å². The van der Waals surface area contributed by atoms with E-state index in [1.807, 2.05) is 17.9 Å². The minimum absolute atomic E-state index is 0.0308. The van der Waals surface area contributed by atoms with Gasteiger partial charge in [-0.25, -0.2) is 0 Å². The molecule has 1 saturated carbocycles. The standard InChI is InChI=1S/C16H22N2O3/c1-2-20-14-8-3-5-11(17)15(14)16(19)18-9-10-21-13-7-4-6-12(13)18/h3,5,8,12-13H,2,4,6-7,9-10,17H2,1H3. The summed E-state index contributed by atoms with van der Waals surface area (Å²) in [5, 5.41) is 0. The Hall–Kier alpha value is -1.75. The van der Waals surface area contributed by atoms with Crippen LogP contribution in [0.1, 0.15) is 36.5 Å². The van der Waals surface area contributed by atoms with Crippen LogP contribution >= 0.6 is 0 Å². The zero-order chi connectivity index (χ0) is 14.8. The lowest BCUT2D eigenvalue weighted by Crippen LogP contribution is -2.51. The van der Waals surface area contributed by atoms with Gasteiger partial charge in [-0.05, 0) is 38.3 Å². The predicted octanol–water partition coefficient (Wildman–Crippen LogP) is 2.06. The van der Waals surface area contributed by atoms with Crippen molar-refractivity contribution in [3.8, 4) is 5.75 Å². The highest BCUT2D eigenvalue weighted by atomic mass is 16.5. The summed E-state index contributed by atoms with van der Waals surface area (Å²) in [7, 11) is 0. The lowest BCUT2D eigenvalue weighted by atomic mass is 10.1. The Morgan fingerprint density at radius 1 is 1.48 bits per heavy atom. The predicted molar refractivity (Wildman–Crippen MR) is 80.4 cm³/mol. The molecule has 2 unspecified atom stereocenters. The number of carbonyl (C=O) groups is 1. The quantitative estimate of drug-likeness (QED) is 0.865. The maximum Gasteiger partial charge on any atom is 0.260 e. The van der Waals surface area contributed by atoms with Gasteiger partial charge in [0.2, 0.25) is 0 Å². The Balaban J connectivity index is 1.91. The molecule has 5 heteroatoms. The minimum atomic E-state index is -0.0308. The van der Waals surface area contributed by atoms with Crippen LogP contribution in [0, 0.1) is 0 Å². The molecule has 0 spiro atoms. The summed E-state index contributed by atoms with van der Waals surface area (Å²) in [4.78, 5) is 14.9. The number of nitrogen functional groups attached to an aromatic ring is 1. The van der Waals surface area contributed by atoms with E-state index < -0.39 is 0 Å². The number of ether oxygens (including phenoxy) is 2. The molecular weight excluding hydrogens is 268 g/mol. The Bertz CT molecular complexity index is 532. The average Bonchev–Trinajstić information content (AvgIpc) is 2.95. The van der Waals surface area contributed by atoms with Gasteiger partial charge in [-0.2, -0.15) is 0 Å². The molecule has 0 radical (unpaired) electrons. The molecule has 1 aliphatic heterocycles. The van der Waals surface area contributed by atoms with Crippen molar-refractivity contribution in [2.75, 3.05) is 25.5 Å². The number of nitrogens with zero attached hydrogens (tertiary/aromatic N) is 1. The van der Waals surface area contributed by atoms with E-state index in [9.17, 15) is 4.79 Å². The molecule has 2 N–H and O–H groups in total. The van der Waals surface area contributed by atoms with E-state index in [1.165, 1.54) is 0 Å². The normalized spacial score (nSPS) is 24.7. The highest BCUT2D eigenvalue weighted by Gasteiger charge is 2.39. The number of morpholine rings is 1. The molecular formula is C16H22N2O3. The molecule has 3 rings (SSSR count). The number of hydrogen-bond acceptors (Lipinski definition) is 4. The van der Waals surface area contributed by atoms with Crippen molar-refractivity contribution < 1.29 is 14.3 Å². The van der Waals surface area contributed by atoms with Gasteiger partial charge >= 0.3 is 0 Å². The van der Waals surface area contributed by atoms with Crippen molar-refractivity contribution in [1.82, 2.24) is 4.90 Å². The van der Waals surface area contributed by atoms with Crippen LogP contribution in [0.15, 0.2) is 18.2 Å². The van der Waals surface area contributed by atoms with Gasteiger partial charge in [0.05, 0.1) is 25.4 Å². The molecule has 1 aliphatic carbocycles. The summed E-state index contributed by atoms with van der Waals surface area (Å²) in [5.41, 5.74) is 7.01. The largest absolute Gasteiger partial charge is 0.493 e. The number of fused-ring (bicyclic) bond motifs is 1. The van der Waals surface area contributed by atoms with Gasteiger partial charge in [-0.1, -0.05) is 6.07 Å². The molecule has 114 valence electrons. The lowest BCUT2D eigenvalue weighted by molar-refractivity contribution is -0.0446. The third-order valence-corrected chi connectivity index (χ3v) is 4.32. The number of carbonyl (C=O) groups excluding carboxylic acids is 1. The summed E-state index contributed by atoms with van der Waals surface area (Å²) in [6, 6.07) is 5.55. The molecule has 0 aromatic heterocycles. The summed E-state index contributed by atoms with van der Waals surface area (Å²) in [6.07, 6.45) is 3.34. The van der Waals surface area contributed by atoms with E-state index in [2.05, 4.69) is 0 Å². The number of benzene rings is 1. The first-order chi connectivity index (χ1) is 10.2. The fourth-order valence-electron chi connectivity index (χ4n) is 3.37. The van der Waals surface area contributed by atoms with E-state index in [1.54, 1.807) is 12.1 Å². The number of rotatable bonds is 3. The van der Waals surface area contributed by atoms with Gasteiger partial charge in [-0.15, -0.1) is 0 Å². The summed E-state index contributed by atoms with van der Waals surface area (Å²) >= 11 is 0. The van der Waals surface area contributed by atoms with Gasteiger partial charge in [-0.3, -0.25) is 4.79 Å². The Kier molecular flexibility index (Phi) is 4.01. The van der Waals surface area contributed by atoms with E-state index in [4.69, 9.17) is 15.2 Å². The summed E-state index contributed by atoms with van der Waals surface area (Å²) < 4.78 is 11.4. The number of amides is 1. The van der Waals surface area contributed by atoms with Crippen LogP contribution in [-0.4, -0.2) is 42.7 Å². The van der Waals surface area contributed by atoms with Crippen LogP contribution in [-0.2, 0) is 4.74 Å². The van der Waals surface area contributed by atoms with Crippen molar-refractivity contribution in [2.24, 2.45) is 0 Å². The topological polar surface area (TPSA) is 64.8 Å². The number of hydrogen-bond donors (Lipinski definition) is 1. The first-order valence-corrected chi connectivity index (χ1v) is 7.66. The Labute approximate surface area is 125 Å². The van der Waals surface area contributed by atoms with Crippen LogP contribution < -0.4 is 10.5 Å². The van der Waals surface area contributed by atoms with Crippen molar-refractivity contribution in [1.29, 1.82) is 0 Å². The van der Waals surface area contributed by atoms with Crippen molar-refractivity contribution in [3.63, 3.8) is 0 Å². The molecule has 2 aliphatic rings. The highest BCUT2D eigenvalue weighted by molar-refractivity contribution is 6.02. The van der Waals surface area contributed by atoms with Crippen LogP contribution in [0.3, 0.4) is 0 Å². The van der Waals surface area contributed by atoms with Gasteiger partial charge in [0.15, 0.2) is 0 Å². The van der Waals surface area contributed by atoms with E-state index in [0.717, 1.165) is 19.3 Å². The minimum Gasteiger partial charge on any atom is -0.493 e. The van der Waals surface area contributed by atoms with E-state index >= 15 is 0 Å². The second-order valence-corrected chi connectivity index (χ2v) is 5.56. The number of anilines is 1. The highest BCUT2D eigenvalue weighted by Crippen LogP contribution is 2.33. The van der Waals surface area contributed by atoms with Gasteiger partial charge in [0.1, 0.15) is 11.3 Å². The van der Waals surface area contributed by atoms with E-state index in [-0.39, 0.29) is 18.1 Å². The van der Waals surface area contributed by atoms with Gasteiger partial charge in [0.25, 0.3) is 5.91 Å². The molecule has 1 aromatic rings. The maximum absolute atomic E-state index is 13.0. The molecule has 2 fully saturated rings. The van der Waals surface area contributed by atoms with Crippen LogP contribution in [0.2, 0.25) is 0 Å². The molecule has 1 aromatic carbocycles. The molecule has 1 saturated heterocycles. The third kappa shape index (κ3) is 2.58. The zero-order valence-corrected chi connectivity index (χ0v) is 12.4. The van der Waals surface area contributed by atoms with Crippen molar-refractivity contribution in [2.45, 2.75) is 38.3 Å². The smallest absolute Gasteiger partial charge is 0.260 e. The fraction of sp³-hybridized carbons (Fsp3) is 0.562. The molecule has 1 amide bonds. The molecule has 0 bridgehead atoms. The third-order valence-electron chi connectivity index (χ3n) is 4.32. The lowest BCUT2D eigenvalue weighted by Gasteiger charge is -2.38. The van der Waals surface area contributed by atoms with Crippen molar-refractivity contribution in [3.05, 3.63) is 23.8 Å². The van der Waals surface area contributed by atoms with Crippen LogP contribution in [0.4, 0.5) is 5.69 Å². The molecule has 1 heterocycles.